The molecule has 2 saturated heterocycles. The predicted octanol–water partition coefficient (Wildman–Crippen LogP) is -0.866. The normalized spacial score (nSPS) is 29.5. The van der Waals surface area contributed by atoms with E-state index < -0.39 is 30.4 Å². The smallest absolute Gasteiger partial charge is 0.326 e. The summed E-state index contributed by atoms with van der Waals surface area (Å²) < 4.78 is 0. The number of aliphatic carboxylic acids is 1. The van der Waals surface area contributed by atoms with Gasteiger partial charge in [0.25, 0.3) is 0 Å². The molecule has 0 saturated carbocycles. The average Bonchev–Trinajstić information content (AvgIpc) is 2.70. The first-order valence-corrected chi connectivity index (χ1v) is 5.17. The maximum atomic E-state index is 11.7. The number of nitrogens with one attached hydrogen (secondary N) is 1. The molecule has 2 aliphatic rings. The van der Waals surface area contributed by atoms with Crippen molar-refractivity contribution in [2.45, 2.75) is 25.3 Å². The first-order chi connectivity index (χ1) is 7.86. The van der Waals surface area contributed by atoms with E-state index in [1.807, 2.05) is 0 Å². The molecule has 8 heteroatoms. The molecule has 0 aromatic carbocycles. The van der Waals surface area contributed by atoms with E-state index in [1.54, 1.807) is 14.1 Å². The van der Waals surface area contributed by atoms with E-state index in [9.17, 15) is 14.4 Å². The van der Waals surface area contributed by atoms with Gasteiger partial charge in [-0.1, -0.05) is 0 Å². The van der Waals surface area contributed by atoms with Crippen LogP contribution in [0.5, 0.6) is 0 Å². The Morgan fingerprint density at radius 2 is 1.94 bits per heavy atom. The molecule has 94 valence electrons. The highest BCUT2D eigenvalue weighted by Gasteiger charge is 2.54. The lowest BCUT2D eigenvalue weighted by atomic mass is 10.2. The zero-order valence-electron chi connectivity index (χ0n) is 9.75. The number of hydrogen-bond acceptors (Lipinski definition) is 3. The van der Waals surface area contributed by atoms with Gasteiger partial charge in [0, 0.05) is 14.1 Å². The minimum absolute atomic E-state index is 0.248. The number of carboxylic acids is 1. The summed E-state index contributed by atoms with van der Waals surface area (Å²) in [7, 11) is 3.12. The molecule has 2 heterocycles. The minimum atomic E-state index is -1.10. The summed E-state index contributed by atoms with van der Waals surface area (Å²) in [5, 5.41) is 11.6. The zero-order valence-corrected chi connectivity index (χ0v) is 9.75. The first kappa shape index (κ1) is 11.5. The van der Waals surface area contributed by atoms with Crippen LogP contribution in [-0.4, -0.2) is 70.3 Å². The van der Waals surface area contributed by atoms with Gasteiger partial charge in [-0.15, -0.1) is 0 Å². The van der Waals surface area contributed by atoms with Crippen LogP contribution >= 0.6 is 0 Å². The summed E-state index contributed by atoms with van der Waals surface area (Å²) in [6.07, 6.45) is -1.08. The van der Waals surface area contributed by atoms with Gasteiger partial charge in [-0.2, -0.15) is 0 Å². The molecule has 0 bridgehead atoms. The highest BCUT2D eigenvalue weighted by molar-refractivity contribution is 5.88. The molecule has 2 aliphatic heterocycles. The Morgan fingerprint density at radius 1 is 1.35 bits per heavy atom. The fourth-order valence-electron chi connectivity index (χ4n) is 2.25. The van der Waals surface area contributed by atoms with Crippen molar-refractivity contribution in [3.05, 3.63) is 0 Å². The second-order valence-electron chi connectivity index (χ2n) is 4.23. The van der Waals surface area contributed by atoms with Crippen molar-refractivity contribution in [1.82, 2.24) is 20.0 Å². The van der Waals surface area contributed by atoms with Crippen LogP contribution in [0.4, 0.5) is 9.59 Å². The summed E-state index contributed by atoms with van der Waals surface area (Å²) >= 11 is 0. The molecule has 0 aromatic heterocycles. The largest absolute Gasteiger partial charge is 0.480 e. The van der Waals surface area contributed by atoms with E-state index in [-0.39, 0.29) is 6.03 Å². The second-order valence-corrected chi connectivity index (χ2v) is 4.23. The molecule has 2 rings (SSSR count). The summed E-state index contributed by atoms with van der Waals surface area (Å²) in [4.78, 5) is 38.3. The van der Waals surface area contributed by atoms with E-state index in [4.69, 9.17) is 5.11 Å². The Hall–Kier alpha value is -1.99. The standard InChI is InChI=1S/C9H14N4O4/c1-4(7(14)15)13-6-5(10-8(13)16)11(2)9(17)12(6)3/h4-6H,1-3H3,(H,10,16)(H,14,15)/t4-,5-,6-/m1/s1. The SMILES string of the molecule is C[C@H](C(=O)O)N1C(=O)N[C@H]2[C@@H]1N(C)C(=O)N2C. The maximum absolute atomic E-state index is 11.7. The van der Waals surface area contributed by atoms with E-state index in [2.05, 4.69) is 5.32 Å². The molecule has 0 unspecified atom stereocenters. The van der Waals surface area contributed by atoms with Crippen LogP contribution in [0.15, 0.2) is 0 Å². The Bertz CT molecular complexity index is 398. The van der Waals surface area contributed by atoms with Crippen LogP contribution in [0.3, 0.4) is 0 Å². The maximum Gasteiger partial charge on any atom is 0.326 e. The Kier molecular flexibility index (Phi) is 2.37. The van der Waals surface area contributed by atoms with E-state index in [1.165, 1.54) is 21.6 Å². The number of carbonyl (C=O) groups is 3. The lowest BCUT2D eigenvalue weighted by Gasteiger charge is -2.29. The summed E-state index contributed by atoms with van der Waals surface area (Å²) in [5.74, 6) is -1.10. The number of likely N-dealkylation sites (N-methyl/N-ethyl adjacent to an activating group) is 2. The van der Waals surface area contributed by atoms with Crippen LogP contribution in [-0.2, 0) is 4.79 Å². The van der Waals surface area contributed by atoms with Gasteiger partial charge in [-0.3, -0.25) is 4.90 Å². The quantitative estimate of drug-likeness (QED) is 0.658. The van der Waals surface area contributed by atoms with Crippen LogP contribution in [0.25, 0.3) is 0 Å². The highest BCUT2D eigenvalue weighted by Crippen LogP contribution is 2.28. The summed E-state index contributed by atoms with van der Waals surface area (Å²) in [6.45, 7) is 1.42. The third kappa shape index (κ3) is 1.40. The Balaban J connectivity index is 2.33. The van der Waals surface area contributed by atoms with E-state index in [0.29, 0.717) is 0 Å². The average molecular weight is 242 g/mol. The molecule has 0 radical (unpaired) electrons. The molecule has 0 aliphatic carbocycles. The molecule has 2 N–H and O–H groups in total. The molecule has 2 fully saturated rings. The predicted molar refractivity (Wildman–Crippen MR) is 56.0 cm³/mol. The number of carbonyl (C=O) groups excluding carboxylic acids is 2. The lowest BCUT2D eigenvalue weighted by molar-refractivity contribution is -0.142. The Labute approximate surface area is 97.8 Å². The number of hydrogen-bond donors (Lipinski definition) is 2. The number of rotatable bonds is 2. The van der Waals surface area contributed by atoms with Crippen molar-refractivity contribution in [3.63, 3.8) is 0 Å². The minimum Gasteiger partial charge on any atom is -0.480 e. The fourth-order valence-corrected chi connectivity index (χ4v) is 2.25. The third-order valence-electron chi connectivity index (χ3n) is 3.27. The van der Waals surface area contributed by atoms with Crippen molar-refractivity contribution in [2.75, 3.05) is 14.1 Å². The highest BCUT2D eigenvalue weighted by atomic mass is 16.4. The Morgan fingerprint density at radius 3 is 2.47 bits per heavy atom. The van der Waals surface area contributed by atoms with E-state index >= 15 is 0 Å². The third-order valence-corrected chi connectivity index (χ3v) is 3.27. The molecule has 17 heavy (non-hydrogen) atoms. The van der Waals surface area contributed by atoms with Gasteiger partial charge in [0.2, 0.25) is 0 Å². The molecule has 0 aromatic rings. The van der Waals surface area contributed by atoms with Gasteiger partial charge in [-0.25, -0.2) is 14.4 Å². The van der Waals surface area contributed by atoms with Crippen LogP contribution in [0.2, 0.25) is 0 Å². The number of carboxylic acid groups (broad SMARTS) is 1. The number of nitrogens with zero attached hydrogens (tertiary/aromatic N) is 3. The van der Waals surface area contributed by atoms with Crippen molar-refractivity contribution >= 4 is 18.0 Å². The molecule has 3 atom stereocenters. The van der Waals surface area contributed by atoms with Gasteiger partial charge in [0.15, 0.2) is 0 Å². The molecule has 0 spiro atoms. The van der Waals surface area contributed by atoms with Gasteiger partial charge in [0.05, 0.1) is 0 Å². The van der Waals surface area contributed by atoms with Gasteiger partial charge in [-0.05, 0) is 6.92 Å². The number of amides is 4. The summed E-state index contributed by atoms with van der Waals surface area (Å²) in [6, 6.07) is -1.70. The second kappa shape index (κ2) is 3.51. The van der Waals surface area contributed by atoms with E-state index in [0.717, 1.165) is 0 Å². The molecular formula is C9H14N4O4. The van der Waals surface area contributed by atoms with Gasteiger partial charge >= 0.3 is 18.0 Å². The zero-order chi connectivity index (χ0) is 12.9. The van der Waals surface area contributed by atoms with Crippen molar-refractivity contribution in [2.24, 2.45) is 0 Å². The summed E-state index contributed by atoms with van der Waals surface area (Å²) in [5.41, 5.74) is 0. The number of fused-ring (bicyclic) bond motifs is 1. The van der Waals surface area contributed by atoms with Crippen LogP contribution in [0, 0.1) is 0 Å². The molecule has 8 nitrogen and oxygen atoms in total. The molecule has 4 amide bonds. The van der Waals surface area contributed by atoms with Gasteiger partial charge in [0.1, 0.15) is 18.4 Å². The topological polar surface area (TPSA) is 93.2 Å². The monoisotopic (exact) mass is 242 g/mol. The van der Waals surface area contributed by atoms with Crippen LogP contribution in [0.1, 0.15) is 6.92 Å². The molecular weight excluding hydrogens is 228 g/mol. The van der Waals surface area contributed by atoms with Gasteiger partial charge < -0.3 is 20.2 Å². The number of urea groups is 2. The lowest BCUT2D eigenvalue weighted by Crippen LogP contribution is -2.51. The van der Waals surface area contributed by atoms with Crippen molar-refractivity contribution in [3.8, 4) is 0 Å². The fraction of sp³-hybridized carbons (Fsp3) is 0.667. The van der Waals surface area contributed by atoms with Crippen LogP contribution < -0.4 is 5.32 Å². The van der Waals surface area contributed by atoms with Crippen molar-refractivity contribution in [1.29, 1.82) is 0 Å². The van der Waals surface area contributed by atoms with Crippen molar-refractivity contribution < 1.29 is 19.5 Å². The first-order valence-electron chi connectivity index (χ1n) is 5.17.